The van der Waals surface area contributed by atoms with Crippen LogP contribution in [0.2, 0.25) is 5.02 Å². The number of carbonyl (C=O) groups excluding carboxylic acids is 1. The van der Waals surface area contributed by atoms with Crippen molar-refractivity contribution in [2.24, 2.45) is 0 Å². The number of hydrogen-bond donors (Lipinski definition) is 1. The Labute approximate surface area is 179 Å². The number of rotatable bonds is 8. The minimum atomic E-state index is -3.20. The molecule has 0 spiro atoms. The molecule has 0 saturated carbocycles. The van der Waals surface area contributed by atoms with Crippen molar-refractivity contribution in [1.29, 1.82) is 0 Å². The van der Waals surface area contributed by atoms with Crippen molar-refractivity contribution in [1.82, 2.24) is 19.4 Å². The first-order valence-corrected chi connectivity index (χ1v) is 12.1. The summed E-state index contributed by atoms with van der Waals surface area (Å²) in [7, 11) is -1.68. The number of carbonyl (C=O) groups is 1. The number of hydrogen-bond acceptors (Lipinski definition) is 5. The van der Waals surface area contributed by atoms with Crippen LogP contribution in [0.25, 0.3) is 10.2 Å². The first-order valence-electron chi connectivity index (χ1n) is 9.06. The van der Waals surface area contributed by atoms with Gasteiger partial charge in [0.15, 0.2) is 0 Å². The van der Waals surface area contributed by atoms with Gasteiger partial charge in [-0.3, -0.25) is 9.48 Å². The van der Waals surface area contributed by atoms with Gasteiger partial charge in [0.1, 0.15) is 4.83 Å². The fourth-order valence-corrected chi connectivity index (χ4v) is 4.61. The van der Waals surface area contributed by atoms with Crippen molar-refractivity contribution < 1.29 is 13.2 Å². The molecule has 0 radical (unpaired) electrons. The van der Waals surface area contributed by atoms with Gasteiger partial charge >= 0.3 is 0 Å². The van der Waals surface area contributed by atoms with Crippen molar-refractivity contribution in [2.75, 3.05) is 26.4 Å². The van der Waals surface area contributed by atoms with Crippen LogP contribution in [0.3, 0.4) is 0 Å². The summed E-state index contributed by atoms with van der Waals surface area (Å²) in [5, 5.41) is 9.06. The molecule has 0 aliphatic heterocycles. The summed E-state index contributed by atoms with van der Waals surface area (Å²) in [5.74, 6) is -0.170. The second-order valence-electron chi connectivity index (χ2n) is 6.86. The number of amides is 1. The highest BCUT2D eigenvalue weighted by atomic mass is 35.5. The van der Waals surface area contributed by atoms with E-state index < -0.39 is 10.0 Å². The predicted molar refractivity (Wildman–Crippen MR) is 117 cm³/mol. The van der Waals surface area contributed by atoms with Gasteiger partial charge in [0.05, 0.1) is 23.4 Å². The highest BCUT2D eigenvalue weighted by molar-refractivity contribution is 7.88. The Bertz CT molecular complexity index is 1140. The molecule has 10 heteroatoms. The van der Waals surface area contributed by atoms with Crippen LogP contribution in [0.5, 0.6) is 0 Å². The number of thiophene rings is 1. The van der Waals surface area contributed by atoms with Gasteiger partial charge in [0.25, 0.3) is 5.91 Å². The lowest BCUT2D eigenvalue weighted by Gasteiger charge is -2.13. The largest absolute Gasteiger partial charge is 0.351 e. The molecule has 0 atom stereocenters. The maximum Gasteiger partial charge on any atom is 0.261 e. The molecule has 2 aromatic heterocycles. The van der Waals surface area contributed by atoms with Crippen LogP contribution >= 0.6 is 22.9 Å². The van der Waals surface area contributed by atoms with Gasteiger partial charge in [-0.2, -0.15) is 5.10 Å². The van der Waals surface area contributed by atoms with Crippen molar-refractivity contribution in [3.63, 3.8) is 0 Å². The number of benzene rings is 1. The van der Waals surface area contributed by atoms with E-state index in [-0.39, 0.29) is 5.91 Å². The Kier molecular flexibility index (Phi) is 6.62. The summed E-state index contributed by atoms with van der Waals surface area (Å²) in [6.45, 7) is 3.21. The van der Waals surface area contributed by atoms with E-state index >= 15 is 0 Å². The third-order valence-electron chi connectivity index (χ3n) is 4.61. The highest BCUT2D eigenvalue weighted by Gasteiger charge is 2.17. The zero-order valence-electron chi connectivity index (χ0n) is 16.5. The maximum absolute atomic E-state index is 12.5. The van der Waals surface area contributed by atoms with Gasteiger partial charge in [0, 0.05) is 30.5 Å². The third kappa shape index (κ3) is 5.16. The standard InChI is InChI=1S/C19H23ClN4O3S2/c1-13-15-11-17(18(25)21-9-6-10-23(2)29(3,26)27)28-19(15)24(22-13)12-14-7-4-5-8-16(14)20/h4-5,7-8,11H,6,9-10,12H2,1-3H3,(H,21,25). The zero-order chi connectivity index (χ0) is 21.2. The molecule has 1 aromatic carbocycles. The topological polar surface area (TPSA) is 84.3 Å². The number of nitrogens with one attached hydrogen (secondary N) is 1. The van der Waals surface area contributed by atoms with Crippen LogP contribution in [0.4, 0.5) is 0 Å². The summed E-state index contributed by atoms with van der Waals surface area (Å²) >= 11 is 7.65. The zero-order valence-corrected chi connectivity index (χ0v) is 18.9. The molecule has 0 aliphatic rings. The summed E-state index contributed by atoms with van der Waals surface area (Å²) in [4.78, 5) is 14.0. The smallest absolute Gasteiger partial charge is 0.261 e. The van der Waals surface area contributed by atoms with Crippen molar-refractivity contribution >= 4 is 49.1 Å². The quantitative estimate of drug-likeness (QED) is 0.530. The Morgan fingerprint density at radius 2 is 2.07 bits per heavy atom. The average molecular weight is 455 g/mol. The van der Waals surface area contributed by atoms with Crippen LogP contribution in [0.1, 0.15) is 27.3 Å². The molecule has 156 valence electrons. The SMILES string of the molecule is Cc1nn(Cc2ccccc2Cl)c2sc(C(=O)NCCCN(C)S(C)(=O)=O)cc12. The Morgan fingerprint density at radius 3 is 2.76 bits per heavy atom. The Balaban J connectivity index is 1.68. The molecule has 0 aliphatic carbocycles. The van der Waals surface area contributed by atoms with Crippen LogP contribution < -0.4 is 5.32 Å². The van der Waals surface area contributed by atoms with Gasteiger partial charge in [-0.05, 0) is 31.0 Å². The molecule has 0 unspecified atom stereocenters. The minimum Gasteiger partial charge on any atom is -0.351 e. The van der Waals surface area contributed by atoms with E-state index in [0.717, 1.165) is 27.7 Å². The molecule has 3 aromatic rings. The predicted octanol–water partition coefficient (Wildman–Crippen LogP) is 3.12. The molecule has 0 fully saturated rings. The van der Waals surface area contributed by atoms with E-state index in [4.69, 9.17) is 11.6 Å². The number of aromatic nitrogens is 2. The van der Waals surface area contributed by atoms with Gasteiger partial charge in [-0.1, -0.05) is 29.8 Å². The van der Waals surface area contributed by atoms with Crippen LogP contribution in [-0.2, 0) is 16.6 Å². The lowest BCUT2D eigenvalue weighted by atomic mass is 10.2. The maximum atomic E-state index is 12.5. The van der Waals surface area contributed by atoms with Gasteiger partial charge in [-0.15, -0.1) is 11.3 Å². The van der Waals surface area contributed by atoms with Crippen molar-refractivity contribution in [3.05, 3.63) is 51.5 Å². The van der Waals surface area contributed by atoms with E-state index in [0.29, 0.717) is 36.0 Å². The molecule has 0 bridgehead atoms. The van der Waals surface area contributed by atoms with E-state index in [1.54, 1.807) is 0 Å². The molecular weight excluding hydrogens is 432 g/mol. The van der Waals surface area contributed by atoms with Crippen molar-refractivity contribution in [2.45, 2.75) is 19.9 Å². The molecule has 1 amide bonds. The van der Waals surface area contributed by atoms with E-state index in [9.17, 15) is 13.2 Å². The second-order valence-corrected chi connectivity index (χ2v) is 10.4. The number of aryl methyl sites for hydroxylation is 1. The number of halogens is 1. The van der Waals surface area contributed by atoms with Crippen LogP contribution in [-0.4, -0.2) is 54.8 Å². The molecule has 3 rings (SSSR count). The lowest BCUT2D eigenvalue weighted by Crippen LogP contribution is -2.30. The first kappa shape index (κ1) is 21.8. The fraction of sp³-hybridized carbons (Fsp3) is 0.368. The molecule has 29 heavy (non-hydrogen) atoms. The molecule has 7 nitrogen and oxygen atoms in total. The fourth-order valence-electron chi connectivity index (χ4n) is 2.88. The third-order valence-corrected chi connectivity index (χ3v) is 7.44. The van der Waals surface area contributed by atoms with E-state index in [1.807, 2.05) is 41.9 Å². The Hall–Kier alpha value is -1.94. The van der Waals surface area contributed by atoms with Gasteiger partial charge in [-0.25, -0.2) is 12.7 Å². The van der Waals surface area contributed by atoms with E-state index in [2.05, 4.69) is 10.4 Å². The molecular formula is C19H23ClN4O3S2. The highest BCUT2D eigenvalue weighted by Crippen LogP contribution is 2.29. The average Bonchev–Trinajstić information content (AvgIpc) is 3.21. The number of sulfonamides is 1. The number of nitrogens with zero attached hydrogens (tertiary/aromatic N) is 3. The first-order chi connectivity index (χ1) is 13.7. The summed E-state index contributed by atoms with van der Waals surface area (Å²) in [6.07, 6.45) is 1.70. The van der Waals surface area contributed by atoms with Crippen molar-refractivity contribution in [3.8, 4) is 0 Å². The minimum absolute atomic E-state index is 0.170. The molecule has 2 heterocycles. The van der Waals surface area contributed by atoms with E-state index in [1.165, 1.54) is 22.7 Å². The number of fused-ring (bicyclic) bond motifs is 1. The lowest BCUT2D eigenvalue weighted by molar-refractivity contribution is 0.0957. The van der Waals surface area contributed by atoms with Gasteiger partial charge in [0.2, 0.25) is 10.0 Å². The summed E-state index contributed by atoms with van der Waals surface area (Å²) in [6, 6.07) is 9.47. The molecule has 1 N–H and O–H groups in total. The second kappa shape index (κ2) is 8.83. The summed E-state index contributed by atoms with van der Waals surface area (Å²) in [5.41, 5.74) is 1.82. The van der Waals surface area contributed by atoms with Crippen LogP contribution in [0.15, 0.2) is 30.3 Å². The normalized spacial score (nSPS) is 12.0. The van der Waals surface area contributed by atoms with Gasteiger partial charge < -0.3 is 5.32 Å². The molecule has 0 saturated heterocycles. The monoisotopic (exact) mass is 454 g/mol. The van der Waals surface area contributed by atoms with Crippen LogP contribution in [0, 0.1) is 6.92 Å². The Morgan fingerprint density at radius 1 is 1.34 bits per heavy atom. The summed E-state index contributed by atoms with van der Waals surface area (Å²) < 4.78 is 25.9.